The number of hydrogen-bond acceptors (Lipinski definition) is 0. The van der Waals surface area contributed by atoms with Crippen molar-refractivity contribution in [2.24, 2.45) is 5.92 Å². The lowest BCUT2D eigenvalue weighted by Crippen LogP contribution is -1.88. The third-order valence-corrected chi connectivity index (χ3v) is 1.28. The Labute approximate surface area is 53.4 Å². The van der Waals surface area contributed by atoms with Gasteiger partial charge in [0.25, 0.3) is 0 Å². The fraction of sp³-hybridized carbons (Fsp3) is 0.667. The number of halogens is 1. The highest BCUT2D eigenvalue weighted by atomic mass is 79.9. The van der Waals surface area contributed by atoms with Crippen molar-refractivity contribution in [1.29, 1.82) is 0 Å². The van der Waals surface area contributed by atoms with Crippen LogP contribution in [0.1, 0.15) is 13.3 Å². The first kappa shape index (κ1) is 7.04. The van der Waals surface area contributed by atoms with Crippen LogP contribution in [0.15, 0.2) is 0 Å². The molecule has 0 heterocycles. The molecule has 0 amide bonds. The van der Waals surface area contributed by atoms with Crippen molar-refractivity contribution in [1.82, 2.24) is 0 Å². The van der Waals surface area contributed by atoms with Crippen molar-refractivity contribution >= 4 is 15.9 Å². The summed E-state index contributed by atoms with van der Waals surface area (Å²) in [6.45, 7) is 2.04. The Kier molecular flexibility index (Phi) is 4.23. The minimum absolute atomic E-state index is 0.430. The first-order valence-electron chi connectivity index (χ1n) is 2.33. The van der Waals surface area contributed by atoms with Gasteiger partial charge < -0.3 is 0 Å². The standard InChI is InChI=1S/C6H9Br/c1-3-6(2)4-5-7/h1,6H,4-5H2,2H3. The van der Waals surface area contributed by atoms with Crippen LogP contribution in [0.4, 0.5) is 0 Å². The van der Waals surface area contributed by atoms with E-state index in [0.717, 1.165) is 11.8 Å². The van der Waals surface area contributed by atoms with Gasteiger partial charge in [-0.25, -0.2) is 0 Å². The average molecular weight is 161 g/mol. The Morgan fingerprint density at radius 3 is 2.57 bits per heavy atom. The van der Waals surface area contributed by atoms with Gasteiger partial charge in [-0.15, -0.1) is 12.3 Å². The van der Waals surface area contributed by atoms with E-state index in [2.05, 4.69) is 21.9 Å². The third-order valence-electron chi connectivity index (χ3n) is 0.827. The minimum Gasteiger partial charge on any atom is -0.120 e. The first-order valence-corrected chi connectivity index (χ1v) is 3.45. The van der Waals surface area contributed by atoms with E-state index in [1.54, 1.807) is 0 Å². The molecule has 1 atom stereocenters. The molecule has 0 aromatic rings. The van der Waals surface area contributed by atoms with Crippen LogP contribution >= 0.6 is 15.9 Å². The molecule has 0 aromatic carbocycles. The smallest absolute Gasteiger partial charge is 0.0179 e. The maximum Gasteiger partial charge on any atom is 0.0179 e. The van der Waals surface area contributed by atoms with Crippen LogP contribution in [0.5, 0.6) is 0 Å². The third kappa shape index (κ3) is 3.88. The largest absolute Gasteiger partial charge is 0.120 e. The van der Waals surface area contributed by atoms with Crippen molar-refractivity contribution in [2.75, 3.05) is 5.33 Å². The monoisotopic (exact) mass is 160 g/mol. The van der Waals surface area contributed by atoms with Gasteiger partial charge in [-0.05, 0) is 6.42 Å². The first-order chi connectivity index (χ1) is 3.31. The van der Waals surface area contributed by atoms with E-state index in [4.69, 9.17) is 6.42 Å². The molecule has 0 aromatic heterocycles. The molecule has 0 aliphatic heterocycles. The molecule has 0 bridgehead atoms. The molecule has 0 aliphatic carbocycles. The highest BCUT2D eigenvalue weighted by molar-refractivity contribution is 9.09. The Balaban J connectivity index is 3.04. The second kappa shape index (κ2) is 4.21. The molecule has 0 N–H and O–H groups in total. The number of hydrogen-bond donors (Lipinski definition) is 0. The highest BCUT2D eigenvalue weighted by Gasteiger charge is 1.90. The molecule has 0 nitrogen and oxygen atoms in total. The zero-order valence-corrected chi connectivity index (χ0v) is 6.03. The zero-order chi connectivity index (χ0) is 5.70. The molecule has 0 fully saturated rings. The lowest BCUT2D eigenvalue weighted by atomic mass is 10.1. The van der Waals surface area contributed by atoms with Gasteiger partial charge in [0, 0.05) is 11.2 Å². The van der Waals surface area contributed by atoms with E-state index in [1.807, 2.05) is 6.92 Å². The van der Waals surface area contributed by atoms with Crippen LogP contribution in [0, 0.1) is 18.3 Å². The number of terminal acetylenes is 1. The van der Waals surface area contributed by atoms with Gasteiger partial charge in [-0.1, -0.05) is 22.9 Å². The quantitative estimate of drug-likeness (QED) is 0.429. The highest BCUT2D eigenvalue weighted by Crippen LogP contribution is 2.00. The molecule has 1 unspecified atom stereocenters. The van der Waals surface area contributed by atoms with Crippen molar-refractivity contribution < 1.29 is 0 Å². The molecule has 1 heteroatoms. The summed E-state index contributed by atoms with van der Waals surface area (Å²) in [7, 11) is 0. The lowest BCUT2D eigenvalue weighted by Gasteiger charge is -1.94. The SMILES string of the molecule is C#CC(C)CCBr. The molecule has 0 radical (unpaired) electrons. The molecular weight excluding hydrogens is 152 g/mol. The predicted octanol–water partition coefficient (Wildman–Crippen LogP) is 2.04. The summed E-state index contributed by atoms with van der Waals surface area (Å²) < 4.78 is 0. The van der Waals surface area contributed by atoms with Gasteiger partial charge in [-0.3, -0.25) is 0 Å². The molecule has 0 rings (SSSR count). The van der Waals surface area contributed by atoms with E-state index in [0.29, 0.717) is 5.92 Å². The molecular formula is C6H9Br. The van der Waals surface area contributed by atoms with Gasteiger partial charge >= 0.3 is 0 Å². The molecule has 40 valence electrons. The van der Waals surface area contributed by atoms with Crippen LogP contribution in [0.3, 0.4) is 0 Å². The summed E-state index contributed by atoms with van der Waals surface area (Å²) in [5.74, 6) is 3.07. The Bertz CT molecular complexity index is 70.7. The fourth-order valence-electron chi connectivity index (χ4n) is 0.247. The lowest BCUT2D eigenvalue weighted by molar-refractivity contribution is 0.735. The van der Waals surface area contributed by atoms with Crippen molar-refractivity contribution in [2.45, 2.75) is 13.3 Å². The van der Waals surface area contributed by atoms with E-state index >= 15 is 0 Å². The molecule has 0 saturated heterocycles. The molecule has 0 saturated carbocycles. The van der Waals surface area contributed by atoms with Crippen LogP contribution in [-0.2, 0) is 0 Å². The van der Waals surface area contributed by atoms with Crippen LogP contribution < -0.4 is 0 Å². The van der Waals surface area contributed by atoms with Crippen molar-refractivity contribution in [3.05, 3.63) is 0 Å². The number of alkyl halides is 1. The van der Waals surface area contributed by atoms with Gasteiger partial charge in [0.15, 0.2) is 0 Å². The van der Waals surface area contributed by atoms with Gasteiger partial charge in [0.1, 0.15) is 0 Å². The van der Waals surface area contributed by atoms with E-state index in [9.17, 15) is 0 Å². The van der Waals surface area contributed by atoms with E-state index in [-0.39, 0.29) is 0 Å². The summed E-state index contributed by atoms with van der Waals surface area (Å²) in [6.07, 6.45) is 6.17. The zero-order valence-electron chi connectivity index (χ0n) is 4.45. The molecule has 0 spiro atoms. The summed E-state index contributed by atoms with van der Waals surface area (Å²) >= 11 is 3.30. The maximum absolute atomic E-state index is 5.09. The van der Waals surface area contributed by atoms with Gasteiger partial charge in [0.05, 0.1) is 0 Å². The second-order valence-electron chi connectivity index (χ2n) is 1.55. The average Bonchev–Trinajstić information content (AvgIpc) is 1.68. The topological polar surface area (TPSA) is 0 Å². The summed E-state index contributed by atoms with van der Waals surface area (Å²) in [6, 6.07) is 0. The summed E-state index contributed by atoms with van der Waals surface area (Å²) in [5, 5.41) is 1.01. The van der Waals surface area contributed by atoms with Gasteiger partial charge in [0.2, 0.25) is 0 Å². The maximum atomic E-state index is 5.09. The van der Waals surface area contributed by atoms with Gasteiger partial charge in [-0.2, -0.15) is 0 Å². The second-order valence-corrected chi connectivity index (χ2v) is 2.34. The Hall–Kier alpha value is 0.0400. The normalized spacial score (nSPS) is 12.7. The van der Waals surface area contributed by atoms with Crippen molar-refractivity contribution in [3.8, 4) is 12.3 Å². The summed E-state index contributed by atoms with van der Waals surface area (Å²) in [4.78, 5) is 0. The molecule has 0 aliphatic rings. The minimum atomic E-state index is 0.430. The Morgan fingerprint density at radius 1 is 1.86 bits per heavy atom. The summed E-state index contributed by atoms with van der Waals surface area (Å²) in [5.41, 5.74) is 0. The van der Waals surface area contributed by atoms with Crippen LogP contribution in [-0.4, -0.2) is 5.33 Å². The predicted molar refractivity (Wildman–Crippen MR) is 36.4 cm³/mol. The van der Waals surface area contributed by atoms with E-state index in [1.165, 1.54) is 0 Å². The van der Waals surface area contributed by atoms with Crippen LogP contribution in [0.25, 0.3) is 0 Å². The fourth-order valence-corrected chi connectivity index (χ4v) is 0.934. The Morgan fingerprint density at radius 2 is 2.43 bits per heavy atom. The van der Waals surface area contributed by atoms with Crippen molar-refractivity contribution in [3.63, 3.8) is 0 Å². The van der Waals surface area contributed by atoms with E-state index < -0.39 is 0 Å². The molecule has 7 heavy (non-hydrogen) atoms. The van der Waals surface area contributed by atoms with Crippen LogP contribution in [0.2, 0.25) is 0 Å². The number of rotatable bonds is 2.